The Kier molecular flexibility index (Phi) is 3.59. The van der Waals surface area contributed by atoms with Crippen LogP contribution in [0.5, 0.6) is 11.5 Å². The molecule has 5 nitrogen and oxygen atoms in total. The van der Waals surface area contributed by atoms with Gasteiger partial charge in [0.2, 0.25) is 6.79 Å². The number of hydrogen-bond acceptors (Lipinski definition) is 4. The lowest BCUT2D eigenvalue weighted by atomic mass is 10.1. The van der Waals surface area contributed by atoms with Crippen molar-refractivity contribution in [2.75, 3.05) is 6.79 Å². The van der Waals surface area contributed by atoms with Gasteiger partial charge in [0.15, 0.2) is 17.3 Å². The number of ether oxygens (including phenoxy) is 2. The Morgan fingerprint density at radius 3 is 2.65 bits per heavy atom. The molecule has 2 heterocycles. The van der Waals surface area contributed by atoms with Crippen LogP contribution in [0.15, 0.2) is 41.3 Å². The summed E-state index contributed by atoms with van der Waals surface area (Å²) in [5, 5.41) is 0. The predicted octanol–water partition coefficient (Wildman–Crippen LogP) is 2.48. The molecule has 2 aromatic rings. The quantitative estimate of drug-likeness (QED) is 0.814. The van der Waals surface area contributed by atoms with Crippen molar-refractivity contribution < 1.29 is 27.4 Å². The molecule has 3 rings (SSSR count). The zero-order chi connectivity index (χ0) is 16.6. The number of pyridine rings is 1. The van der Waals surface area contributed by atoms with Crippen LogP contribution in [-0.4, -0.2) is 17.1 Å². The molecule has 0 spiro atoms. The van der Waals surface area contributed by atoms with E-state index in [0.29, 0.717) is 17.6 Å². The summed E-state index contributed by atoms with van der Waals surface area (Å²) in [6, 6.07) is 6.20. The summed E-state index contributed by atoms with van der Waals surface area (Å²) in [6.07, 6.45) is -3.62. The van der Waals surface area contributed by atoms with Crippen LogP contribution in [0.4, 0.5) is 13.2 Å². The fourth-order valence-corrected chi connectivity index (χ4v) is 2.19. The maximum absolute atomic E-state index is 12.7. The maximum Gasteiger partial charge on any atom is 0.421 e. The lowest BCUT2D eigenvalue weighted by Gasteiger charge is -2.10. The predicted molar refractivity (Wildman–Crippen MR) is 72.6 cm³/mol. The van der Waals surface area contributed by atoms with Crippen LogP contribution in [0, 0.1) is 0 Å². The Morgan fingerprint density at radius 2 is 1.91 bits per heavy atom. The van der Waals surface area contributed by atoms with Gasteiger partial charge in [-0.15, -0.1) is 0 Å². The zero-order valence-corrected chi connectivity index (χ0v) is 11.6. The summed E-state index contributed by atoms with van der Waals surface area (Å²) >= 11 is 0. The van der Waals surface area contributed by atoms with Gasteiger partial charge in [0.25, 0.3) is 5.56 Å². The third-order valence-electron chi connectivity index (χ3n) is 3.33. The van der Waals surface area contributed by atoms with Gasteiger partial charge in [0, 0.05) is 11.8 Å². The molecule has 0 radical (unpaired) electrons. The number of nitrogens with zero attached hydrogens (tertiary/aromatic N) is 1. The van der Waals surface area contributed by atoms with E-state index in [2.05, 4.69) is 0 Å². The molecule has 0 fully saturated rings. The van der Waals surface area contributed by atoms with Crippen molar-refractivity contribution in [1.29, 1.82) is 0 Å². The molecule has 0 unspecified atom stereocenters. The van der Waals surface area contributed by atoms with Crippen LogP contribution in [0.1, 0.15) is 15.9 Å². The summed E-state index contributed by atoms with van der Waals surface area (Å²) in [4.78, 5) is 24.0. The zero-order valence-electron chi connectivity index (χ0n) is 11.6. The second-order valence-electron chi connectivity index (χ2n) is 4.84. The second kappa shape index (κ2) is 5.45. The van der Waals surface area contributed by atoms with E-state index in [4.69, 9.17) is 9.47 Å². The number of fused-ring (bicyclic) bond motifs is 1. The number of alkyl halides is 3. The number of hydrogen-bond donors (Lipinski definition) is 0. The van der Waals surface area contributed by atoms with Crippen molar-refractivity contribution in [3.05, 3.63) is 58.0 Å². The van der Waals surface area contributed by atoms with Crippen LogP contribution in [0.3, 0.4) is 0 Å². The van der Waals surface area contributed by atoms with Crippen LogP contribution < -0.4 is 15.0 Å². The molecule has 0 saturated heterocycles. The molecular weight excluding hydrogens is 315 g/mol. The highest BCUT2D eigenvalue weighted by Gasteiger charge is 2.34. The van der Waals surface area contributed by atoms with Gasteiger partial charge >= 0.3 is 6.18 Å². The van der Waals surface area contributed by atoms with Crippen LogP contribution >= 0.6 is 0 Å². The molecule has 120 valence electrons. The Morgan fingerprint density at radius 1 is 1.17 bits per heavy atom. The van der Waals surface area contributed by atoms with E-state index in [9.17, 15) is 22.8 Å². The number of halogens is 3. The molecule has 1 aliphatic rings. The minimum atomic E-state index is -4.76. The number of rotatable bonds is 3. The van der Waals surface area contributed by atoms with Crippen molar-refractivity contribution in [2.45, 2.75) is 12.7 Å². The largest absolute Gasteiger partial charge is 0.454 e. The lowest BCUT2D eigenvalue weighted by molar-refractivity contribution is -0.138. The van der Waals surface area contributed by atoms with E-state index in [1.165, 1.54) is 18.2 Å². The highest BCUT2D eigenvalue weighted by atomic mass is 19.4. The summed E-state index contributed by atoms with van der Waals surface area (Å²) < 4.78 is 49.1. The number of carbonyl (C=O) groups excluding carboxylic acids is 1. The smallest absolute Gasteiger partial charge is 0.421 e. The Bertz CT molecular complexity index is 826. The third-order valence-corrected chi connectivity index (χ3v) is 3.33. The average Bonchev–Trinajstić information content (AvgIpc) is 2.95. The van der Waals surface area contributed by atoms with Crippen molar-refractivity contribution >= 4 is 5.78 Å². The van der Waals surface area contributed by atoms with Crippen LogP contribution in [0.25, 0.3) is 0 Å². The molecule has 1 aromatic carbocycles. The highest BCUT2D eigenvalue weighted by molar-refractivity contribution is 5.96. The highest BCUT2D eigenvalue weighted by Crippen LogP contribution is 2.32. The first-order valence-corrected chi connectivity index (χ1v) is 6.56. The molecule has 0 saturated carbocycles. The van der Waals surface area contributed by atoms with Crippen molar-refractivity contribution in [3.8, 4) is 11.5 Å². The standard InChI is InChI=1S/C15H10F3NO4/c16-15(17,18)10-2-1-5-19(14(10)21)7-11(20)9-3-4-12-13(6-9)23-8-22-12/h1-6H,7-8H2. The number of aromatic nitrogens is 1. The molecule has 1 aromatic heterocycles. The minimum absolute atomic E-state index is 0.0417. The lowest BCUT2D eigenvalue weighted by Crippen LogP contribution is -2.30. The van der Waals surface area contributed by atoms with E-state index in [0.717, 1.165) is 16.8 Å². The molecule has 8 heteroatoms. The number of Topliss-reactive ketones (excluding diaryl/α,β-unsaturated/α-hetero) is 1. The van der Waals surface area contributed by atoms with Crippen molar-refractivity contribution in [1.82, 2.24) is 4.57 Å². The van der Waals surface area contributed by atoms with E-state index < -0.39 is 29.6 Å². The molecule has 0 bridgehead atoms. The topological polar surface area (TPSA) is 57.5 Å². The first-order chi connectivity index (χ1) is 10.9. The normalized spacial score (nSPS) is 13.2. The van der Waals surface area contributed by atoms with Gasteiger partial charge in [-0.25, -0.2) is 0 Å². The van der Waals surface area contributed by atoms with Gasteiger partial charge < -0.3 is 14.0 Å². The monoisotopic (exact) mass is 325 g/mol. The van der Waals surface area contributed by atoms with Gasteiger partial charge in [0.05, 0.1) is 6.54 Å². The molecular formula is C15H10F3NO4. The molecule has 0 amide bonds. The minimum Gasteiger partial charge on any atom is -0.454 e. The van der Waals surface area contributed by atoms with Gasteiger partial charge in [-0.3, -0.25) is 9.59 Å². The summed E-state index contributed by atoms with van der Waals surface area (Å²) in [5.41, 5.74) is -2.34. The van der Waals surface area contributed by atoms with Gasteiger partial charge in [-0.2, -0.15) is 13.2 Å². The van der Waals surface area contributed by atoms with Gasteiger partial charge in [-0.1, -0.05) is 0 Å². The first kappa shape index (κ1) is 15.1. The fourth-order valence-electron chi connectivity index (χ4n) is 2.19. The maximum atomic E-state index is 12.7. The average molecular weight is 325 g/mol. The Labute approximate surface area is 127 Å². The van der Waals surface area contributed by atoms with Gasteiger partial charge in [0.1, 0.15) is 5.56 Å². The number of ketones is 1. The van der Waals surface area contributed by atoms with Crippen molar-refractivity contribution in [3.63, 3.8) is 0 Å². The number of benzene rings is 1. The van der Waals surface area contributed by atoms with E-state index >= 15 is 0 Å². The molecule has 0 atom stereocenters. The fraction of sp³-hybridized carbons (Fsp3) is 0.200. The van der Waals surface area contributed by atoms with Gasteiger partial charge in [-0.05, 0) is 30.3 Å². The van der Waals surface area contributed by atoms with Crippen molar-refractivity contribution in [2.24, 2.45) is 0 Å². The third kappa shape index (κ3) is 2.92. The molecule has 1 aliphatic heterocycles. The molecule has 0 N–H and O–H groups in total. The SMILES string of the molecule is O=C(Cn1cccc(C(F)(F)F)c1=O)c1ccc2c(c1)OCO2. The Balaban J connectivity index is 1.88. The van der Waals surface area contributed by atoms with E-state index in [-0.39, 0.29) is 12.4 Å². The first-order valence-electron chi connectivity index (χ1n) is 6.56. The van der Waals surface area contributed by atoms with Crippen LogP contribution in [0.2, 0.25) is 0 Å². The Hall–Kier alpha value is -2.77. The second-order valence-corrected chi connectivity index (χ2v) is 4.84. The summed E-state index contributed by atoms with van der Waals surface area (Å²) in [7, 11) is 0. The summed E-state index contributed by atoms with van der Waals surface area (Å²) in [5.74, 6) is 0.356. The number of carbonyl (C=O) groups is 1. The van der Waals surface area contributed by atoms with E-state index in [1.54, 1.807) is 0 Å². The summed E-state index contributed by atoms with van der Waals surface area (Å²) in [6.45, 7) is -0.456. The molecule has 23 heavy (non-hydrogen) atoms. The van der Waals surface area contributed by atoms with E-state index in [1.807, 2.05) is 0 Å². The molecule has 0 aliphatic carbocycles. The van der Waals surface area contributed by atoms with Crippen LogP contribution in [-0.2, 0) is 12.7 Å².